The van der Waals surface area contributed by atoms with Crippen LogP contribution in [0.25, 0.3) is 0 Å². The molecule has 1 amide bonds. The largest absolute Gasteiger partial charge is 0.360 e. The lowest BCUT2D eigenvalue weighted by Crippen LogP contribution is -2.15. The number of thiophene rings is 1. The lowest BCUT2D eigenvalue weighted by molar-refractivity contribution is -0.384. The van der Waals surface area contributed by atoms with E-state index in [9.17, 15) is 14.9 Å². The van der Waals surface area contributed by atoms with Gasteiger partial charge in [-0.05, 0) is 36.4 Å². The monoisotopic (exact) mass is 435 g/mol. The minimum absolute atomic E-state index is 0.0921. The van der Waals surface area contributed by atoms with Gasteiger partial charge < -0.3 is 10.6 Å². The van der Waals surface area contributed by atoms with Crippen molar-refractivity contribution in [2.24, 2.45) is 0 Å². The van der Waals surface area contributed by atoms with Crippen LogP contribution in [0.3, 0.4) is 0 Å². The number of aryl methyl sites for hydroxylation is 1. The Labute approximate surface area is 173 Å². The van der Waals surface area contributed by atoms with Crippen LogP contribution in [0.1, 0.15) is 10.4 Å². The summed E-state index contributed by atoms with van der Waals surface area (Å²) in [6.07, 6.45) is 0.914. The SMILES string of the molecule is Cc1ccc(NC(=O)CSc2nnc(NCCc3cccs3)s2)c([N+](=O)[O-])c1. The maximum absolute atomic E-state index is 12.1. The van der Waals surface area contributed by atoms with Crippen LogP contribution < -0.4 is 10.6 Å². The number of carbonyl (C=O) groups excluding carboxylic acids is 1. The van der Waals surface area contributed by atoms with Crippen LogP contribution in [-0.2, 0) is 11.2 Å². The summed E-state index contributed by atoms with van der Waals surface area (Å²) in [5, 5.41) is 27.8. The highest BCUT2D eigenvalue weighted by Gasteiger charge is 2.16. The fourth-order valence-electron chi connectivity index (χ4n) is 2.30. The van der Waals surface area contributed by atoms with E-state index in [1.165, 1.54) is 40.1 Å². The quantitative estimate of drug-likeness (QED) is 0.294. The Balaban J connectivity index is 1.47. The molecule has 3 rings (SSSR count). The molecule has 0 aliphatic rings. The molecular formula is C17H17N5O3S3. The molecule has 0 saturated heterocycles. The lowest BCUT2D eigenvalue weighted by Gasteiger charge is -2.05. The van der Waals surface area contributed by atoms with Gasteiger partial charge in [-0.15, -0.1) is 21.5 Å². The minimum atomic E-state index is -0.505. The second-order valence-electron chi connectivity index (χ2n) is 5.74. The number of benzene rings is 1. The molecule has 0 aliphatic carbocycles. The molecule has 28 heavy (non-hydrogen) atoms. The third-order valence-corrected chi connectivity index (χ3v) is 6.54. The number of nitro benzene ring substituents is 1. The third kappa shape index (κ3) is 5.75. The predicted octanol–water partition coefficient (Wildman–Crippen LogP) is 4.20. The fraction of sp³-hybridized carbons (Fsp3) is 0.235. The molecule has 0 atom stereocenters. The van der Waals surface area contributed by atoms with Gasteiger partial charge in [0.1, 0.15) is 5.69 Å². The molecule has 0 unspecified atom stereocenters. The van der Waals surface area contributed by atoms with Crippen molar-refractivity contribution >= 4 is 56.8 Å². The normalized spacial score (nSPS) is 10.6. The summed E-state index contributed by atoms with van der Waals surface area (Å²) in [5.74, 6) is -0.242. The number of aromatic nitrogens is 2. The van der Waals surface area contributed by atoms with E-state index >= 15 is 0 Å². The molecule has 3 aromatic rings. The third-order valence-electron chi connectivity index (χ3n) is 3.58. The van der Waals surface area contributed by atoms with E-state index in [1.54, 1.807) is 24.3 Å². The van der Waals surface area contributed by atoms with Crippen molar-refractivity contribution in [2.45, 2.75) is 17.7 Å². The molecular weight excluding hydrogens is 418 g/mol. The predicted molar refractivity (Wildman–Crippen MR) is 114 cm³/mol. The Hall–Kier alpha value is -2.50. The number of nitrogens with zero attached hydrogens (tertiary/aromatic N) is 3. The highest BCUT2D eigenvalue weighted by Crippen LogP contribution is 2.28. The van der Waals surface area contributed by atoms with Crippen LogP contribution in [0.4, 0.5) is 16.5 Å². The average Bonchev–Trinajstić information content (AvgIpc) is 3.33. The lowest BCUT2D eigenvalue weighted by atomic mass is 10.2. The van der Waals surface area contributed by atoms with Crippen LogP contribution in [0.5, 0.6) is 0 Å². The highest BCUT2D eigenvalue weighted by atomic mass is 32.2. The topological polar surface area (TPSA) is 110 Å². The zero-order valence-electron chi connectivity index (χ0n) is 14.9. The molecule has 1 aromatic carbocycles. The molecule has 8 nitrogen and oxygen atoms in total. The summed E-state index contributed by atoms with van der Waals surface area (Å²) in [4.78, 5) is 24.1. The first kappa shape index (κ1) is 20.2. The van der Waals surface area contributed by atoms with Gasteiger partial charge in [0.05, 0.1) is 10.7 Å². The molecule has 0 spiro atoms. The molecule has 0 bridgehead atoms. The Morgan fingerprint density at radius 1 is 1.32 bits per heavy atom. The number of nitro groups is 1. The van der Waals surface area contributed by atoms with Crippen LogP contribution in [0, 0.1) is 17.0 Å². The second-order valence-corrected chi connectivity index (χ2v) is 8.98. The van der Waals surface area contributed by atoms with Crippen molar-refractivity contribution in [1.82, 2.24) is 10.2 Å². The molecule has 0 radical (unpaired) electrons. The van der Waals surface area contributed by atoms with Gasteiger partial charge in [0.25, 0.3) is 5.69 Å². The van der Waals surface area contributed by atoms with Gasteiger partial charge in [0.2, 0.25) is 11.0 Å². The first-order valence-electron chi connectivity index (χ1n) is 8.29. The fourth-order valence-corrected chi connectivity index (χ4v) is 4.59. The molecule has 2 N–H and O–H groups in total. The van der Waals surface area contributed by atoms with Crippen molar-refractivity contribution in [3.8, 4) is 0 Å². The number of hydrogen-bond donors (Lipinski definition) is 2. The molecule has 11 heteroatoms. The number of hydrogen-bond acceptors (Lipinski definition) is 9. The van der Waals surface area contributed by atoms with Gasteiger partial charge in [-0.25, -0.2) is 0 Å². The van der Waals surface area contributed by atoms with Gasteiger partial charge in [0.15, 0.2) is 4.34 Å². The summed E-state index contributed by atoms with van der Waals surface area (Å²) in [7, 11) is 0. The first-order valence-corrected chi connectivity index (χ1v) is 11.0. The van der Waals surface area contributed by atoms with E-state index < -0.39 is 4.92 Å². The molecule has 2 heterocycles. The van der Waals surface area contributed by atoms with Gasteiger partial charge in [-0.3, -0.25) is 14.9 Å². The molecule has 146 valence electrons. The minimum Gasteiger partial charge on any atom is -0.360 e. The van der Waals surface area contributed by atoms with Crippen LogP contribution >= 0.6 is 34.4 Å². The number of rotatable bonds is 9. The summed E-state index contributed by atoms with van der Waals surface area (Å²) in [5.41, 5.74) is 0.827. The van der Waals surface area contributed by atoms with Crippen molar-refractivity contribution in [1.29, 1.82) is 0 Å². The average molecular weight is 436 g/mol. The number of nitrogens with one attached hydrogen (secondary N) is 2. The Bertz CT molecular complexity index is 959. The zero-order valence-corrected chi connectivity index (χ0v) is 17.3. The summed E-state index contributed by atoms with van der Waals surface area (Å²) in [6, 6.07) is 8.80. The van der Waals surface area contributed by atoms with E-state index in [4.69, 9.17) is 0 Å². The van der Waals surface area contributed by atoms with E-state index in [1.807, 2.05) is 11.4 Å². The van der Waals surface area contributed by atoms with Gasteiger partial charge in [-0.1, -0.05) is 35.2 Å². The summed E-state index contributed by atoms with van der Waals surface area (Å²) < 4.78 is 0.659. The van der Waals surface area contributed by atoms with E-state index in [2.05, 4.69) is 26.9 Å². The van der Waals surface area contributed by atoms with Crippen LogP contribution in [0.15, 0.2) is 40.1 Å². The molecule has 2 aromatic heterocycles. The number of anilines is 2. The Morgan fingerprint density at radius 2 is 2.18 bits per heavy atom. The Morgan fingerprint density at radius 3 is 2.93 bits per heavy atom. The Kier molecular flexibility index (Phi) is 6.95. The van der Waals surface area contributed by atoms with Crippen molar-refractivity contribution in [3.05, 3.63) is 56.3 Å². The van der Waals surface area contributed by atoms with Crippen molar-refractivity contribution in [3.63, 3.8) is 0 Å². The van der Waals surface area contributed by atoms with Crippen molar-refractivity contribution in [2.75, 3.05) is 22.9 Å². The van der Waals surface area contributed by atoms with E-state index in [0.717, 1.165) is 18.5 Å². The van der Waals surface area contributed by atoms with Gasteiger partial charge in [-0.2, -0.15) is 0 Å². The smallest absolute Gasteiger partial charge is 0.293 e. The van der Waals surface area contributed by atoms with Gasteiger partial charge >= 0.3 is 0 Å². The van der Waals surface area contributed by atoms with Crippen molar-refractivity contribution < 1.29 is 9.72 Å². The number of carbonyl (C=O) groups is 1. The molecule has 0 aliphatic heterocycles. The number of thioether (sulfide) groups is 1. The first-order chi connectivity index (χ1) is 13.5. The molecule has 0 saturated carbocycles. The second kappa shape index (κ2) is 9.62. The number of amides is 1. The van der Waals surface area contributed by atoms with E-state index in [-0.39, 0.29) is 23.0 Å². The van der Waals surface area contributed by atoms with E-state index in [0.29, 0.717) is 9.47 Å². The summed E-state index contributed by atoms with van der Waals surface area (Å²) in [6.45, 7) is 2.52. The highest BCUT2D eigenvalue weighted by molar-refractivity contribution is 8.01. The standard InChI is InChI=1S/C17H17N5O3S3/c1-11-4-5-13(14(9-11)22(24)25)19-15(23)10-27-17-21-20-16(28-17)18-7-6-12-3-2-8-26-12/h2-5,8-9H,6-7,10H2,1H3,(H,18,20)(H,19,23). The van der Waals surface area contributed by atoms with Crippen LogP contribution in [0.2, 0.25) is 0 Å². The molecule has 0 fully saturated rings. The van der Waals surface area contributed by atoms with Gasteiger partial charge in [0, 0.05) is 17.5 Å². The zero-order chi connectivity index (χ0) is 19.9. The maximum atomic E-state index is 12.1. The van der Waals surface area contributed by atoms with Crippen LogP contribution in [-0.4, -0.2) is 33.3 Å². The summed E-state index contributed by atoms with van der Waals surface area (Å²) >= 11 is 4.33. The maximum Gasteiger partial charge on any atom is 0.293 e.